The number of benzene rings is 1. The molecule has 1 amide bonds. The Balaban J connectivity index is 1.95. The molecule has 0 spiro atoms. The number of aromatic carboxylic acids is 1. The second-order valence-corrected chi connectivity index (χ2v) is 4.86. The summed E-state index contributed by atoms with van der Waals surface area (Å²) >= 11 is 5.94. The largest absolute Gasteiger partial charge is 0.478 e. The van der Waals surface area contributed by atoms with E-state index in [1.165, 1.54) is 18.2 Å². The molecule has 108 valence electrons. The first-order valence-electron chi connectivity index (χ1n) is 6.21. The fourth-order valence-electron chi connectivity index (χ4n) is 1.91. The summed E-state index contributed by atoms with van der Waals surface area (Å²) in [5.74, 6) is -1.28. The van der Waals surface area contributed by atoms with Gasteiger partial charge in [0.15, 0.2) is 0 Å². The summed E-state index contributed by atoms with van der Waals surface area (Å²) in [4.78, 5) is 22.6. The molecule has 1 aromatic rings. The first-order chi connectivity index (χ1) is 9.56. The zero-order valence-corrected chi connectivity index (χ0v) is 11.4. The first kappa shape index (κ1) is 14.8. The van der Waals surface area contributed by atoms with Crippen LogP contribution < -0.4 is 10.6 Å². The normalized spacial score (nSPS) is 18.6. The Morgan fingerprint density at radius 3 is 2.90 bits per heavy atom. The Labute approximate surface area is 121 Å². The quantitative estimate of drug-likeness (QED) is 0.781. The molecule has 6 nitrogen and oxygen atoms in total. The highest BCUT2D eigenvalue weighted by Gasteiger charge is 2.18. The molecule has 1 fully saturated rings. The first-order valence-corrected chi connectivity index (χ1v) is 6.59. The lowest BCUT2D eigenvalue weighted by Gasteiger charge is -2.23. The van der Waals surface area contributed by atoms with Crippen LogP contribution in [0.25, 0.3) is 0 Å². The molecular weight excluding hydrogens is 284 g/mol. The van der Waals surface area contributed by atoms with Gasteiger partial charge >= 0.3 is 5.97 Å². The highest BCUT2D eigenvalue weighted by atomic mass is 35.5. The van der Waals surface area contributed by atoms with Crippen molar-refractivity contribution in [3.05, 3.63) is 28.8 Å². The standard InChI is InChI=1S/C13H15ClN2O4/c14-10-5-8(13(18)19)1-2-11(10)16-12(17)6-9-7-15-3-4-20-9/h1-2,5,9,15H,3-4,6-7H2,(H,16,17)(H,18,19). The Bertz CT molecular complexity index is 515. The van der Waals surface area contributed by atoms with E-state index in [0.29, 0.717) is 18.8 Å². The number of halogens is 1. The second-order valence-electron chi connectivity index (χ2n) is 4.45. The van der Waals surface area contributed by atoms with Gasteiger partial charge in [-0.05, 0) is 18.2 Å². The Morgan fingerprint density at radius 2 is 2.30 bits per heavy atom. The SMILES string of the molecule is O=C(CC1CNCCO1)Nc1ccc(C(=O)O)cc1Cl. The van der Waals surface area contributed by atoms with Gasteiger partial charge < -0.3 is 20.5 Å². The van der Waals surface area contributed by atoms with Gasteiger partial charge in [0.2, 0.25) is 5.91 Å². The van der Waals surface area contributed by atoms with Gasteiger partial charge in [-0.3, -0.25) is 4.79 Å². The molecule has 0 aromatic heterocycles. The van der Waals surface area contributed by atoms with Gasteiger partial charge in [-0.15, -0.1) is 0 Å². The van der Waals surface area contributed by atoms with E-state index in [1.54, 1.807) is 0 Å². The predicted molar refractivity (Wildman–Crippen MR) is 74.3 cm³/mol. The average molecular weight is 299 g/mol. The molecule has 1 saturated heterocycles. The molecule has 1 aliphatic rings. The molecule has 1 heterocycles. The van der Waals surface area contributed by atoms with Crippen molar-refractivity contribution >= 4 is 29.2 Å². The number of hydrogen-bond acceptors (Lipinski definition) is 4. The van der Waals surface area contributed by atoms with Crippen LogP contribution in [0.3, 0.4) is 0 Å². The molecule has 1 atom stereocenters. The van der Waals surface area contributed by atoms with Crippen LogP contribution in [0.1, 0.15) is 16.8 Å². The van der Waals surface area contributed by atoms with Crippen LogP contribution in [0.5, 0.6) is 0 Å². The number of anilines is 1. The predicted octanol–water partition coefficient (Wildman–Crippen LogP) is 1.36. The summed E-state index contributed by atoms with van der Waals surface area (Å²) in [6.45, 7) is 2.02. The molecule has 2 rings (SSSR count). The molecule has 3 N–H and O–H groups in total. The van der Waals surface area contributed by atoms with E-state index >= 15 is 0 Å². The number of nitrogens with one attached hydrogen (secondary N) is 2. The maximum atomic E-state index is 11.9. The molecule has 1 unspecified atom stereocenters. The topological polar surface area (TPSA) is 87.7 Å². The van der Waals surface area contributed by atoms with E-state index in [-0.39, 0.29) is 29.0 Å². The van der Waals surface area contributed by atoms with Crippen LogP contribution >= 0.6 is 11.6 Å². The van der Waals surface area contributed by atoms with Crippen LogP contribution in [0.4, 0.5) is 5.69 Å². The summed E-state index contributed by atoms with van der Waals surface area (Å²) in [6.07, 6.45) is 0.0742. The van der Waals surface area contributed by atoms with Crippen molar-refractivity contribution in [3.8, 4) is 0 Å². The van der Waals surface area contributed by atoms with E-state index in [0.717, 1.165) is 6.54 Å². The van der Waals surface area contributed by atoms with Gasteiger partial charge in [0.1, 0.15) is 0 Å². The fraction of sp³-hybridized carbons (Fsp3) is 0.385. The third-order valence-electron chi connectivity index (χ3n) is 2.91. The fourth-order valence-corrected chi connectivity index (χ4v) is 2.14. The highest BCUT2D eigenvalue weighted by Crippen LogP contribution is 2.23. The van der Waals surface area contributed by atoms with Crippen molar-refractivity contribution in [2.45, 2.75) is 12.5 Å². The monoisotopic (exact) mass is 298 g/mol. The second kappa shape index (κ2) is 6.69. The maximum absolute atomic E-state index is 11.9. The van der Waals surface area contributed by atoms with Crippen LogP contribution in [-0.4, -0.2) is 42.8 Å². The number of carboxylic acid groups (broad SMARTS) is 1. The van der Waals surface area contributed by atoms with Crippen molar-refractivity contribution in [2.24, 2.45) is 0 Å². The number of carbonyl (C=O) groups excluding carboxylic acids is 1. The van der Waals surface area contributed by atoms with Crippen molar-refractivity contribution in [3.63, 3.8) is 0 Å². The zero-order valence-electron chi connectivity index (χ0n) is 10.7. The lowest BCUT2D eigenvalue weighted by atomic mass is 10.2. The number of rotatable bonds is 4. The number of morpholine rings is 1. The molecule has 20 heavy (non-hydrogen) atoms. The Kier molecular flexibility index (Phi) is 4.94. The molecule has 0 saturated carbocycles. The third-order valence-corrected chi connectivity index (χ3v) is 3.22. The van der Waals surface area contributed by atoms with Gasteiger partial charge in [-0.2, -0.15) is 0 Å². The van der Waals surface area contributed by atoms with Gasteiger partial charge in [0.05, 0.1) is 35.4 Å². The van der Waals surface area contributed by atoms with E-state index in [4.69, 9.17) is 21.4 Å². The minimum atomic E-state index is -1.06. The van der Waals surface area contributed by atoms with E-state index in [2.05, 4.69) is 10.6 Å². The molecule has 7 heteroatoms. The third kappa shape index (κ3) is 3.93. The molecule has 1 aromatic carbocycles. The van der Waals surface area contributed by atoms with Crippen molar-refractivity contribution in [1.82, 2.24) is 5.32 Å². The molecule has 0 aliphatic carbocycles. The minimum Gasteiger partial charge on any atom is -0.478 e. The Hall–Kier alpha value is -1.63. The summed E-state index contributed by atoms with van der Waals surface area (Å²) in [5, 5.41) is 14.8. The summed E-state index contributed by atoms with van der Waals surface area (Å²) in [7, 11) is 0. The highest BCUT2D eigenvalue weighted by molar-refractivity contribution is 6.34. The zero-order chi connectivity index (χ0) is 14.5. The van der Waals surface area contributed by atoms with Crippen LogP contribution in [0, 0.1) is 0 Å². The molecule has 0 radical (unpaired) electrons. The number of amides is 1. The van der Waals surface area contributed by atoms with Crippen molar-refractivity contribution in [2.75, 3.05) is 25.0 Å². The average Bonchev–Trinajstić information content (AvgIpc) is 2.42. The summed E-state index contributed by atoms with van der Waals surface area (Å²) < 4.78 is 5.43. The van der Waals surface area contributed by atoms with Crippen LogP contribution in [0.15, 0.2) is 18.2 Å². The molecule has 0 bridgehead atoms. The van der Waals surface area contributed by atoms with E-state index < -0.39 is 5.97 Å². The van der Waals surface area contributed by atoms with Crippen LogP contribution in [-0.2, 0) is 9.53 Å². The molecular formula is C13H15ClN2O4. The summed E-state index contributed by atoms with van der Waals surface area (Å²) in [5.41, 5.74) is 0.471. The number of ether oxygens (including phenoxy) is 1. The lowest BCUT2D eigenvalue weighted by molar-refractivity contribution is -0.119. The Morgan fingerprint density at radius 1 is 1.50 bits per heavy atom. The van der Waals surface area contributed by atoms with E-state index in [9.17, 15) is 9.59 Å². The van der Waals surface area contributed by atoms with Gasteiger partial charge in [-0.1, -0.05) is 11.6 Å². The number of carbonyl (C=O) groups is 2. The van der Waals surface area contributed by atoms with Crippen molar-refractivity contribution < 1.29 is 19.4 Å². The van der Waals surface area contributed by atoms with E-state index in [1.807, 2.05) is 0 Å². The molecule has 1 aliphatic heterocycles. The van der Waals surface area contributed by atoms with Crippen LogP contribution in [0.2, 0.25) is 5.02 Å². The van der Waals surface area contributed by atoms with Gasteiger partial charge in [-0.25, -0.2) is 4.79 Å². The number of carboxylic acids is 1. The smallest absolute Gasteiger partial charge is 0.335 e. The summed E-state index contributed by atoms with van der Waals surface area (Å²) in [6, 6.07) is 4.17. The van der Waals surface area contributed by atoms with Gasteiger partial charge in [0, 0.05) is 13.1 Å². The van der Waals surface area contributed by atoms with Crippen molar-refractivity contribution in [1.29, 1.82) is 0 Å². The number of hydrogen-bond donors (Lipinski definition) is 3. The lowest BCUT2D eigenvalue weighted by Crippen LogP contribution is -2.40. The van der Waals surface area contributed by atoms with Gasteiger partial charge in [0.25, 0.3) is 0 Å². The maximum Gasteiger partial charge on any atom is 0.335 e. The minimum absolute atomic E-state index is 0.0767.